The minimum atomic E-state index is 0.528. The molecule has 4 heterocycles. The highest BCUT2D eigenvalue weighted by atomic mass is 35.5. The highest BCUT2D eigenvalue weighted by Crippen LogP contribution is 2.28. The first kappa shape index (κ1) is 16.5. The number of aromatic nitrogens is 5. The number of rotatable bonds is 5. The van der Waals surface area contributed by atoms with Gasteiger partial charge in [-0.1, -0.05) is 35.0 Å². The van der Waals surface area contributed by atoms with Crippen LogP contribution < -0.4 is 0 Å². The Hall–Kier alpha value is -1.96. The van der Waals surface area contributed by atoms with Gasteiger partial charge in [-0.15, -0.1) is 10.2 Å². The molecule has 9 heteroatoms. The summed E-state index contributed by atoms with van der Waals surface area (Å²) in [4.78, 5) is 4.56. The van der Waals surface area contributed by atoms with Crippen LogP contribution >= 0.6 is 35.0 Å². The molecule has 128 valence electrons. The van der Waals surface area contributed by atoms with E-state index in [-0.39, 0.29) is 0 Å². The van der Waals surface area contributed by atoms with Crippen LogP contribution in [-0.2, 0) is 12.3 Å². The zero-order valence-electron chi connectivity index (χ0n) is 13.2. The minimum Gasteiger partial charge on any atom is -0.461 e. The number of imidazole rings is 1. The highest BCUT2D eigenvalue weighted by Gasteiger charge is 2.16. The molecule has 4 aromatic heterocycles. The molecular formula is C16H13Cl2N5OS. The predicted octanol–water partition coefficient (Wildman–Crippen LogP) is 4.80. The molecule has 0 aliphatic rings. The lowest BCUT2D eigenvalue weighted by atomic mass is 10.4. The van der Waals surface area contributed by atoms with E-state index in [2.05, 4.69) is 15.2 Å². The number of thioether (sulfide) groups is 1. The maximum absolute atomic E-state index is 6.19. The Morgan fingerprint density at radius 3 is 2.88 bits per heavy atom. The molecular weight excluding hydrogens is 381 g/mol. The zero-order valence-corrected chi connectivity index (χ0v) is 15.5. The van der Waals surface area contributed by atoms with E-state index in [1.165, 1.54) is 0 Å². The topological polar surface area (TPSA) is 61.2 Å². The molecule has 0 aromatic carbocycles. The van der Waals surface area contributed by atoms with Crippen molar-refractivity contribution in [3.63, 3.8) is 0 Å². The van der Waals surface area contributed by atoms with Crippen molar-refractivity contribution in [1.82, 2.24) is 24.1 Å². The van der Waals surface area contributed by atoms with Gasteiger partial charge in [-0.25, -0.2) is 4.98 Å². The molecule has 6 nitrogen and oxygen atoms in total. The summed E-state index contributed by atoms with van der Waals surface area (Å²) in [6.45, 7) is 2.80. The van der Waals surface area contributed by atoms with Gasteiger partial charge in [0.15, 0.2) is 22.4 Å². The fraction of sp³-hybridized carbons (Fsp3) is 0.188. The summed E-state index contributed by atoms with van der Waals surface area (Å²) >= 11 is 13.8. The summed E-state index contributed by atoms with van der Waals surface area (Å²) in [5.74, 6) is 2.07. The van der Waals surface area contributed by atoms with Gasteiger partial charge in [-0.2, -0.15) is 0 Å². The maximum atomic E-state index is 6.19. The van der Waals surface area contributed by atoms with Crippen molar-refractivity contribution in [2.24, 2.45) is 0 Å². The van der Waals surface area contributed by atoms with E-state index in [0.29, 0.717) is 27.2 Å². The van der Waals surface area contributed by atoms with Crippen LogP contribution in [0.5, 0.6) is 0 Å². The van der Waals surface area contributed by atoms with Crippen LogP contribution in [-0.4, -0.2) is 24.1 Å². The molecule has 0 unspecified atom stereocenters. The first-order valence-corrected chi connectivity index (χ1v) is 9.32. The quantitative estimate of drug-likeness (QED) is 0.455. The molecule has 0 atom stereocenters. The minimum absolute atomic E-state index is 0.528. The summed E-state index contributed by atoms with van der Waals surface area (Å²) in [5.41, 5.74) is 1.58. The van der Waals surface area contributed by atoms with Crippen LogP contribution in [0.25, 0.3) is 17.2 Å². The fourth-order valence-corrected chi connectivity index (χ4v) is 3.97. The third-order valence-electron chi connectivity index (χ3n) is 3.65. The Morgan fingerprint density at radius 1 is 1.24 bits per heavy atom. The Morgan fingerprint density at radius 2 is 2.12 bits per heavy atom. The van der Waals surface area contributed by atoms with Crippen LogP contribution in [0.3, 0.4) is 0 Å². The molecule has 4 rings (SSSR count). The van der Waals surface area contributed by atoms with Crippen molar-refractivity contribution < 1.29 is 4.42 Å². The molecule has 0 saturated heterocycles. The van der Waals surface area contributed by atoms with Crippen LogP contribution in [0, 0.1) is 0 Å². The normalized spacial score (nSPS) is 11.5. The van der Waals surface area contributed by atoms with Gasteiger partial charge < -0.3 is 8.82 Å². The molecule has 0 aliphatic carbocycles. The van der Waals surface area contributed by atoms with Crippen molar-refractivity contribution in [2.75, 3.05) is 0 Å². The zero-order chi connectivity index (χ0) is 17.4. The summed E-state index contributed by atoms with van der Waals surface area (Å²) < 4.78 is 9.28. The number of furan rings is 1. The molecule has 0 amide bonds. The number of nitrogens with zero attached hydrogens (tertiary/aromatic N) is 5. The van der Waals surface area contributed by atoms with Gasteiger partial charge in [0, 0.05) is 24.7 Å². The fourth-order valence-electron chi connectivity index (χ4n) is 2.55. The SMILES string of the molecule is CCn1c(SCc2cn3cc(Cl)cc(Cl)c3n2)nnc1-c1ccco1. The summed E-state index contributed by atoms with van der Waals surface area (Å²) in [5, 5.41) is 10.4. The molecule has 4 aromatic rings. The van der Waals surface area contributed by atoms with E-state index in [4.69, 9.17) is 27.6 Å². The van der Waals surface area contributed by atoms with E-state index in [1.54, 1.807) is 30.3 Å². The summed E-state index contributed by atoms with van der Waals surface area (Å²) in [7, 11) is 0. The van der Waals surface area contributed by atoms with Gasteiger partial charge in [0.2, 0.25) is 0 Å². The molecule has 0 radical (unpaired) electrons. The average molecular weight is 394 g/mol. The number of fused-ring (bicyclic) bond motifs is 1. The van der Waals surface area contributed by atoms with E-state index in [9.17, 15) is 0 Å². The number of pyridine rings is 1. The van der Waals surface area contributed by atoms with Crippen LogP contribution in [0.2, 0.25) is 10.0 Å². The summed E-state index contributed by atoms with van der Waals surface area (Å²) in [6.07, 6.45) is 5.33. The Kier molecular flexibility index (Phi) is 4.45. The van der Waals surface area contributed by atoms with Crippen LogP contribution in [0.1, 0.15) is 12.6 Å². The first-order valence-electron chi connectivity index (χ1n) is 7.58. The lowest BCUT2D eigenvalue weighted by Gasteiger charge is -2.04. The highest BCUT2D eigenvalue weighted by molar-refractivity contribution is 7.98. The molecule has 0 saturated carbocycles. The van der Waals surface area contributed by atoms with Crippen molar-refractivity contribution >= 4 is 40.6 Å². The lowest BCUT2D eigenvalue weighted by molar-refractivity contribution is 0.567. The van der Waals surface area contributed by atoms with E-state index < -0.39 is 0 Å². The number of hydrogen-bond donors (Lipinski definition) is 0. The molecule has 0 fully saturated rings. The Labute approximate surface area is 157 Å². The smallest absolute Gasteiger partial charge is 0.200 e. The van der Waals surface area contributed by atoms with Crippen molar-refractivity contribution in [2.45, 2.75) is 24.4 Å². The second-order valence-electron chi connectivity index (χ2n) is 5.29. The predicted molar refractivity (Wildman–Crippen MR) is 98.2 cm³/mol. The standard InChI is InChI=1S/C16H13Cl2N5OS/c1-2-23-15(13-4-3-5-24-13)20-21-16(23)25-9-11-8-22-7-10(17)6-12(18)14(22)19-11/h3-8H,2,9H2,1H3. The second kappa shape index (κ2) is 6.74. The lowest BCUT2D eigenvalue weighted by Crippen LogP contribution is -1.99. The third kappa shape index (κ3) is 3.15. The van der Waals surface area contributed by atoms with E-state index >= 15 is 0 Å². The number of hydrogen-bond acceptors (Lipinski definition) is 5. The van der Waals surface area contributed by atoms with Gasteiger partial charge in [0.1, 0.15) is 0 Å². The summed E-state index contributed by atoms with van der Waals surface area (Å²) in [6, 6.07) is 5.40. The monoisotopic (exact) mass is 393 g/mol. The van der Waals surface area contributed by atoms with E-state index in [0.717, 1.165) is 23.2 Å². The van der Waals surface area contributed by atoms with Gasteiger partial charge >= 0.3 is 0 Å². The Bertz CT molecular complexity index is 1020. The Balaban J connectivity index is 1.58. The largest absolute Gasteiger partial charge is 0.461 e. The average Bonchev–Trinajstić information content (AvgIpc) is 3.31. The van der Waals surface area contributed by atoms with Gasteiger partial charge in [0.25, 0.3) is 0 Å². The van der Waals surface area contributed by atoms with Crippen molar-refractivity contribution in [3.05, 3.63) is 52.6 Å². The maximum Gasteiger partial charge on any atom is 0.200 e. The second-order valence-corrected chi connectivity index (χ2v) is 7.07. The first-order chi connectivity index (χ1) is 12.2. The van der Waals surface area contributed by atoms with Crippen molar-refractivity contribution in [1.29, 1.82) is 0 Å². The van der Waals surface area contributed by atoms with Crippen LogP contribution in [0.15, 0.2) is 46.4 Å². The van der Waals surface area contributed by atoms with E-state index in [1.807, 2.05) is 34.2 Å². The molecule has 0 spiro atoms. The van der Waals surface area contributed by atoms with Gasteiger partial charge in [-0.3, -0.25) is 4.57 Å². The van der Waals surface area contributed by atoms with Gasteiger partial charge in [-0.05, 0) is 25.1 Å². The third-order valence-corrected chi connectivity index (χ3v) is 5.13. The van der Waals surface area contributed by atoms with Crippen molar-refractivity contribution in [3.8, 4) is 11.6 Å². The van der Waals surface area contributed by atoms with Crippen LogP contribution in [0.4, 0.5) is 0 Å². The number of halogens is 2. The van der Waals surface area contributed by atoms with Gasteiger partial charge in [0.05, 0.1) is 22.0 Å². The molecule has 0 bridgehead atoms. The molecule has 25 heavy (non-hydrogen) atoms. The molecule has 0 aliphatic heterocycles. The molecule has 0 N–H and O–H groups in total.